The second-order valence-electron chi connectivity index (χ2n) is 8.65. The molecule has 0 aromatic heterocycles. The minimum absolute atomic E-state index is 0.977. The fraction of sp³-hybridized carbons (Fsp3) is 0.286. The van der Waals surface area contributed by atoms with Crippen LogP contribution in [0.2, 0.25) is 0 Å². The number of aliphatic imine (C=N–C) groups is 1. The maximum Gasteiger partial charge on any atom is 0.0739 e. The van der Waals surface area contributed by atoms with Gasteiger partial charge in [-0.15, -0.1) is 13.2 Å². The van der Waals surface area contributed by atoms with Crippen molar-refractivity contribution in [3.63, 3.8) is 0 Å². The maximum atomic E-state index is 4.75. The van der Waals surface area contributed by atoms with Gasteiger partial charge in [0.15, 0.2) is 0 Å². The van der Waals surface area contributed by atoms with Gasteiger partial charge in [0.05, 0.1) is 5.70 Å². The molecule has 0 atom stereocenters. The van der Waals surface area contributed by atoms with Crippen molar-refractivity contribution >= 4 is 17.0 Å². The molecule has 1 aliphatic carbocycles. The van der Waals surface area contributed by atoms with Crippen LogP contribution in [0.1, 0.15) is 69.2 Å². The first kappa shape index (κ1) is 31.4. The van der Waals surface area contributed by atoms with Crippen molar-refractivity contribution in [1.82, 2.24) is 0 Å². The van der Waals surface area contributed by atoms with E-state index in [0.29, 0.717) is 0 Å². The first-order valence-electron chi connectivity index (χ1n) is 13.3. The lowest BCUT2D eigenvalue weighted by atomic mass is 9.96. The Morgan fingerprint density at radius 3 is 2.11 bits per heavy atom. The van der Waals surface area contributed by atoms with Crippen molar-refractivity contribution in [1.29, 1.82) is 0 Å². The van der Waals surface area contributed by atoms with E-state index in [2.05, 4.69) is 108 Å². The fourth-order valence-electron chi connectivity index (χ4n) is 4.17. The van der Waals surface area contributed by atoms with Gasteiger partial charge in [0.25, 0.3) is 0 Å². The molecule has 0 N–H and O–H groups in total. The van der Waals surface area contributed by atoms with Gasteiger partial charge in [-0.2, -0.15) is 0 Å². The van der Waals surface area contributed by atoms with Crippen molar-refractivity contribution in [3.05, 3.63) is 132 Å². The summed E-state index contributed by atoms with van der Waals surface area (Å²) in [5, 5.41) is 0. The van der Waals surface area contributed by atoms with E-state index in [-0.39, 0.29) is 0 Å². The number of anilines is 1. The summed E-state index contributed by atoms with van der Waals surface area (Å²) < 4.78 is 0. The summed E-state index contributed by atoms with van der Waals surface area (Å²) in [7, 11) is 0. The predicted molar refractivity (Wildman–Crippen MR) is 168 cm³/mol. The standard InChI is InChI=1S/C17H17N.C14H19N.C2H6.C2H4/c1-13-12-16(14-8-4-2-5-9-14)17(18-13)15-10-6-3-7-11-15;1-6-8-15(7-2)14-10-12(4)11(3)9-13(14)5;2*1-2/h2,4-6,8-11H,3,7,12H2,1H3;6-10H,2H2,1,3-5H3;1-2H3;1-2H2/b;8-6-;;. The predicted octanol–water partition coefficient (Wildman–Crippen LogP) is 10.5. The van der Waals surface area contributed by atoms with Gasteiger partial charge in [-0.3, -0.25) is 4.99 Å². The van der Waals surface area contributed by atoms with Crippen LogP contribution < -0.4 is 4.90 Å². The summed E-state index contributed by atoms with van der Waals surface area (Å²) in [6, 6.07) is 15.0. The molecule has 0 amide bonds. The Bertz CT molecular complexity index is 1160. The van der Waals surface area contributed by atoms with Gasteiger partial charge in [0.1, 0.15) is 0 Å². The molecule has 0 saturated carbocycles. The molecule has 2 aliphatic rings. The van der Waals surface area contributed by atoms with Gasteiger partial charge in [-0.05, 0) is 86.9 Å². The van der Waals surface area contributed by atoms with Crippen LogP contribution in [0.25, 0.3) is 5.57 Å². The zero-order valence-corrected chi connectivity index (χ0v) is 24.1. The third-order valence-electron chi connectivity index (χ3n) is 6.01. The highest BCUT2D eigenvalue weighted by Crippen LogP contribution is 2.35. The van der Waals surface area contributed by atoms with E-state index in [1.165, 1.54) is 50.5 Å². The van der Waals surface area contributed by atoms with Gasteiger partial charge in [-0.25, -0.2) is 0 Å². The maximum absolute atomic E-state index is 4.75. The number of benzene rings is 2. The lowest BCUT2D eigenvalue weighted by Crippen LogP contribution is -2.08. The van der Waals surface area contributed by atoms with Crippen molar-refractivity contribution < 1.29 is 0 Å². The Balaban J connectivity index is 0.000000331. The summed E-state index contributed by atoms with van der Waals surface area (Å²) in [6.07, 6.45) is 15.9. The van der Waals surface area contributed by atoms with E-state index in [1.54, 1.807) is 0 Å². The number of hydrogen-bond acceptors (Lipinski definition) is 2. The van der Waals surface area contributed by atoms with Crippen LogP contribution >= 0.6 is 0 Å². The molecule has 0 spiro atoms. The van der Waals surface area contributed by atoms with Crippen molar-refractivity contribution in [2.75, 3.05) is 4.90 Å². The third-order valence-corrected chi connectivity index (χ3v) is 6.01. The van der Waals surface area contributed by atoms with Crippen LogP contribution in [-0.4, -0.2) is 5.71 Å². The van der Waals surface area contributed by atoms with E-state index in [1.807, 2.05) is 44.1 Å². The second kappa shape index (κ2) is 16.9. The van der Waals surface area contributed by atoms with E-state index in [4.69, 9.17) is 4.99 Å². The van der Waals surface area contributed by atoms with Gasteiger partial charge in [0, 0.05) is 30.2 Å². The molecule has 37 heavy (non-hydrogen) atoms. The number of rotatable bonds is 5. The topological polar surface area (TPSA) is 15.6 Å². The molecule has 2 aromatic rings. The lowest BCUT2D eigenvalue weighted by Gasteiger charge is -2.19. The lowest BCUT2D eigenvalue weighted by molar-refractivity contribution is 1.02. The number of nitrogens with zero attached hydrogens (tertiary/aromatic N) is 2. The molecule has 0 fully saturated rings. The number of allylic oxidation sites excluding steroid dienone is 5. The second-order valence-corrected chi connectivity index (χ2v) is 8.65. The quantitative estimate of drug-likeness (QED) is 0.377. The van der Waals surface area contributed by atoms with Crippen molar-refractivity contribution in [2.45, 2.75) is 67.7 Å². The Labute approximate surface area is 226 Å². The van der Waals surface area contributed by atoms with Gasteiger partial charge in [-0.1, -0.05) is 81.1 Å². The molecule has 1 aliphatic heterocycles. The largest absolute Gasteiger partial charge is 0.325 e. The zero-order valence-electron chi connectivity index (χ0n) is 24.1. The van der Waals surface area contributed by atoms with Crippen LogP contribution in [0, 0.1) is 20.8 Å². The first-order chi connectivity index (χ1) is 17.9. The minimum atomic E-state index is 0.977. The van der Waals surface area contributed by atoms with E-state index < -0.39 is 0 Å². The Morgan fingerprint density at radius 1 is 0.892 bits per heavy atom. The number of hydrogen-bond donors (Lipinski definition) is 0. The van der Waals surface area contributed by atoms with Crippen LogP contribution in [0.15, 0.2) is 115 Å². The van der Waals surface area contributed by atoms with Crippen LogP contribution in [-0.2, 0) is 0 Å². The van der Waals surface area contributed by atoms with E-state index in [9.17, 15) is 0 Å². The average Bonchev–Trinajstić information content (AvgIpc) is 3.35. The molecule has 0 unspecified atom stereocenters. The Morgan fingerprint density at radius 2 is 1.54 bits per heavy atom. The van der Waals surface area contributed by atoms with Crippen molar-refractivity contribution in [3.8, 4) is 0 Å². The Hall–Kier alpha value is -3.65. The van der Waals surface area contributed by atoms with Crippen LogP contribution in [0.5, 0.6) is 0 Å². The summed E-state index contributed by atoms with van der Waals surface area (Å²) in [6.45, 7) is 24.3. The first-order valence-corrected chi connectivity index (χ1v) is 13.3. The molecule has 0 bridgehead atoms. The smallest absolute Gasteiger partial charge is 0.0739 e. The molecule has 1 heterocycles. The van der Waals surface area contributed by atoms with Gasteiger partial charge in [0.2, 0.25) is 0 Å². The highest BCUT2D eigenvalue weighted by molar-refractivity contribution is 6.00. The average molecular weight is 495 g/mol. The summed E-state index contributed by atoms with van der Waals surface area (Å²) in [5.41, 5.74) is 11.5. The SMILES string of the molecule is C=C.C=CN(/C=C\C)c1cc(C)c(C)cc1C.CC.CC1=NC(C2=CCCC=C2)=C(c2ccccc2)C1. The van der Waals surface area contributed by atoms with Crippen LogP contribution in [0.3, 0.4) is 0 Å². The normalized spacial score (nSPS) is 13.8. The molecule has 0 saturated heterocycles. The number of aryl methyl sites for hydroxylation is 3. The van der Waals surface area contributed by atoms with E-state index >= 15 is 0 Å². The molecule has 2 nitrogen and oxygen atoms in total. The highest BCUT2D eigenvalue weighted by atomic mass is 15.1. The minimum Gasteiger partial charge on any atom is -0.325 e. The zero-order chi connectivity index (χ0) is 27.8. The molecular formula is C35H46N2. The molecule has 196 valence electrons. The van der Waals surface area contributed by atoms with Crippen molar-refractivity contribution in [2.24, 2.45) is 4.99 Å². The molecule has 4 rings (SSSR count). The Kier molecular flexibility index (Phi) is 14.3. The molecule has 2 heteroatoms. The fourth-order valence-corrected chi connectivity index (χ4v) is 4.17. The highest BCUT2D eigenvalue weighted by Gasteiger charge is 2.19. The van der Waals surface area contributed by atoms with Gasteiger partial charge >= 0.3 is 0 Å². The molecule has 0 radical (unpaired) electrons. The molecule has 2 aromatic carbocycles. The van der Waals surface area contributed by atoms with Gasteiger partial charge < -0.3 is 4.90 Å². The monoisotopic (exact) mass is 494 g/mol. The van der Waals surface area contributed by atoms with E-state index in [0.717, 1.165) is 19.3 Å². The van der Waals surface area contributed by atoms with Crippen LogP contribution in [0.4, 0.5) is 5.69 Å². The summed E-state index contributed by atoms with van der Waals surface area (Å²) >= 11 is 0. The summed E-state index contributed by atoms with van der Waals surface area (Å²) in [4.78, 5) is 6.79. The molecular weight excluding hydrogens is 448 g/mol. The summed E-state index contributed by atoms with van der Waals surface area (Å²) in [5.74, 6) is 0. The third kappa shape index (κ3) is 9.06.